The Kier molecular flexibility index (Phi) is 11.3. The van der Waals surface area contributed by atoms with E-state index in [4.69, 9.17) is 65.4 Å². The minimum atomic E-state index is -0.473. The summed E-state index contributed by atoms with van der Waals surface area (Å²) in [5.74, 6) is -0.319. The normalized spacial score (nSPS) is 10.6. The highest BCUT2D eigenvalue weighted by Gasteiger charge is 2.16. The lowest BCUT2D eigenvalue weighted by molar-refractivity contribution is 0.0593. The molecule has 0 saturated carbocycles. The maximum Gasteiger partial charge on any atom is 0.339 e. The highest BCUT2D eigenvalue weighted by atomic mass is 35.5. The van der Waals surface area contributed by atoms with Crippen LogP contribution in [0.4, 0.5) is 22.7 Å². The number of anilines is 4. The summed E-state index contributed by atoms with van der Waals surface area (Å²) in [5.41, 5.74) is 2.95. The Hall–Kier alpha value is -3.82. The number of ether oxygens (including phenoxy) is 4. The lowest BCUT2D eigenvalue weighted by Gasteiger charge is -2.16. The second-order valence-corrected chi connectivity index (χ2v) is 10.5. The van der Waals surface area contributed by atoms with Crippen LogP contribution >= 0.6 is 46.4 Å². The predicted molar refractivity (Wildman–Crippen MR) is 171 cm³/mol. The molecule has 0 bridgehead atoms. The molecule has 4 aromatic carbocycles. The van der Waals surface area contributed by atoms with Crippen LogP contribution in [0.25, 0.3) is 0 Å². The van der Waals surface area contributed by atoms with Gasteiger partial charge in [0.2, 0.25) is 0 Å². The highest BCUT2D eigenvalue weighted by Crippen LogP contribution is 2.39. The lowest BCUT2D eigenvalue weighted by atomic mass is 10.1. The van der Waals surface area contributed by atoms with Crippen molar-refractivity contribution in [1.82, 2.24) is 0 Å². The highest BCUT2D eigenvalue weighted by molar-refractivity contribution is 6.38. The van der Waals surface area contributed by atoms with Crippen LogP contribution in [0.3, 0.4) is 0 Å². The Balaban J connectivity index is 1.33. The number of carbonyl (C=O) groups excluding carboxylic acids is 2. The Labute approximate surface area is 268 Å². The van der Waals surface area contributed by atoms with Crippen molar-refractivity contribution in [2.45, 2.75) is 6.42 Å². The zero-order chi connectivity index (χ0) is 30.9. The van der Waals surface area contributed by atoms with Gasteiger partial charge in [-0.3, -0.25) is 0 Å². The lowest BCUT2D eigenvalue weighted by Crippen LogP contribution is -2.07. The van der Waals surface area contributed by atoms with E-state index in [0.717, 1.165) is 0 Å². The molecule has 0 radical (unpaired) electrons. The Morgan fingerprint density at radius 1 is 0.605 bits per heavy atom. The Morgan fingerprint density at radius 2 is 0.953 bits per heavy atom. The molecule has 12 heteroatoms. The smallest absolute Gasteiger partial charge is 0.339 e. The predicted octanol–water partition coefficient (Wildman–Crippen LogP) is 9.21. The van der Waals surface area contributed by atoms with E-state index in [9.17, 15) is 9.59 Å². The summed E-state index contributed by atoms with van der Waals surface area (Å²) >= 11 is 25.8. The topological polar surface area (TPSA) is 95.1 Å². The van der Waals surface area contributed by atoms with E-state index in [1.165, 1.54) is 14.2 Å². The first kappa shape index (κ1) is 32.1. The summed E-state index contributed by atoms with van der Waals surface area (Å²) in [6.45, 7) is 0.493. The minimum Gasteiger partial charge on any atom is -0.490 e. The van der Waals surface area contributed by atoms with E-state index in [0.29, 0.717) is 51.8 Å². The molecule has 0 atom stereocenters. The van der Waals surface area contributed by atoms with Gasteiger partial charge in [-0.05, 0) is 48.5 Å². The van der Waals surface area contributed by atoms with E-state index in [-0.39, 0.29) is 33.3 Å². The first-order valence-corrected chi connectivity index (χ1v) is 14.4. The molecule has 0 aliphatic carbocycles. The Bertz CT molecular complexity index is 1470. The van der Waals surface area contributed by atoms with E-state index >= 15 is 0 Å². The number of hydrogen-bond donors (Lipinski definition) is 2. The second-order valence-electron chi connectivity index (χ2n) is 8.91. The first-order valence-electron chi connectivity index (χ1n) is 12.8. The molecule has 0 fully saturated rings. The summed E-state index contributed by atoms with van der Waals surface area (Å²) in [4.78, 5) is 24.1. The van der Waals surface area contributed by atoms with Crippen molar-refractivity contribution in [1.29, 1.82) is 0 Å². The monoisotopic (exact) mass is 662 g/mol. The third kappa shape index (κ3) is 8.18. The van der Waals surface area contributed by atoms with Gasteiger partial charge in [0.25, 0.3) is 0 Å². The molecule has 0 heterocycles. The number of esters is 2. The molecule has 4 rings (SSSR count). The van der Waals surface area contributed by atoms with Crippen molar-refractivity contribution in [2.75, 3.05) is 38.1 Å². The van der Waals surface area contributed by atoms with Crippen molar-refractivity contribution < 1.29 is 28.5 Å². The van der Waals surface area contributed by atoms with Crippen LogP contribution in [0.5, 0.6) is 11.5 Å². The van der Waals surface area contributed by atoms with Gasteiger partial charge in [-0.25, -0.2) is 9.59 Å². The van der Waals surface area contributed by atoms with Gasteiger partial charge in [0.15, 0.2) is 11.5 Å². The molecule has 4 aromatic rings. The van der Waals surface area contributed by atoms with Crippen molar-refractivity contribution in [3.05, 3.63) is 104 Å². The number of nitrogens with one attached hydrogen (secondary N) is 2. The number of halogens is 4. The first-order chi connectivity index (χ1) is 20.7. The fourth-order valence-electron chi connectivity index (χ4n) is 4.02. The van der Waals surface area contributed by atoms with E-state index in [2.05, 4.69) is 10.6 Å². The quantitative estimate of drug-likeness (QED) is 0.114. The molecule has 0 aliphatic rings. The number of methoxy groups -OCH3 is 2. The molecule has 224 valence electrons. The third-order valence-corrected chi connectivity index (χ3v) is 7.12. The zero-order valence-corrected chi connectivity index (χ0v) is 26.0. The summed E-state index contributed by atoms with van der Waals surface area (Å²) in [6.07, 6.45) is 0.471. The number of para-hydroxylation sites is 2. The SMILES string of the molecule is COC(=O)c1ccccc1Nc1cc(Cl)c(OCCCOc2c(Cl)cc(Nc3ccccc3C(=O)OC)cc2Cl)c(Cl)c1. The van der Waals surface area contributed by atoms with Crippen LogP contribution in [0.1, 0.15) is 27.1 Å². The number of hydrogen-bond acceptors (Lipinski definition) is 8. The molecular weight excluding hydrogens is 638 g/mol. The van der Waals surface area contributed by atoms with Crippen molar-refractivity contribution >= 4 is 81.1 Å². The van der Waals surface area contributed by atoms with Crippen LogP contribution < -0.4 is 20.1 Å². The van der Waals surface area contributed by atoms with Crippen LogP contribution in [0, 0.1) is 0 Å². The van der Waals surface area contributed by atoms with Crippen molar-refractivity contribution in [2.24, 2.45) is 0 Å². The summed E-state index contributed by atoms with van der Waals surface area (Å²) < 4.78 is 21.3. The Morgan fingerprint density at radius 3 is 1.30 bits per heavy atom. The van der Waals surface area contributed by atoms with Crippen LogP contribution in [0.2, 0.25) is 20.1 Å². The van der Waals surface area contributed by atoms with Gasteiger partial charge in [0.05, 0.1) is 70.0 Å². The standard InChI is InChI=1S/C31H26Cl4N2O6/c1-40-30(38)20-8-3-5-10-26(20)36-18-14-22(32)28(23(33)15-18)42-12-7-13-43-29-24(34)16-19(17-25(29)35)37-27-11-6-4-9-21(27)31(39)41-2/h3-6,8-11,14-17,36-37H,7,12-13H2,1-2H3. The molecule has 0 aromatic heterocycles. The van der Waals surface area contributed by atoms with Gasteiger partial charge in [0.1, 0.15) is 0 Å². The second kappa shape index (κ2) is 15.1. The van der Waals surface area contributed by atoms with E-state index in [1.54, 1.807) is 72.8 Å². The van der Waals surface area contributed by atoms with E-state index in [1.807, 2.05) is 0 Å². The molecule has 8 nitrogen and oxygen atoms in total. The molecule has 43 heavy (non-hydrogen) atoms. The molecular formula is C31H26Cl4N2O6. The largest absolute Gasteiger partial charge is 0.490 e. The average Bonchev–Trinajstić information content (AvgIpc) is 2.99. The van der Waals surface area contributed by atoms with Crippen molar-refractivity contribution in [3.8, 4) is 11.5 Å². The fourth-order valence-corrected chi connectivity index (χ4v) is 5.21. The van der Waals surface area contributed by atoms with Gasteiger partial charge < -0.3 is 29.6 Å². The van der Waals surface area contributed by atoms with Crippen LogP contribution in [-0.2, 0) is 9.47 Å². The summed E-state index contributed by atoms with van der Waals surface area (Å²) in [5, 5.41) is 7.41. The zero-order valence-electron chi connectivity index (χ0n) is 23.0. The van der Waals surface area contributed by atoms with Gasteiger partial charge in [-0.1, -0.05) is 70.7 Å². The summed E-state index contributed by atoms with van der Waals surface area (Å²) in [6, 6.07) is 20.4. The van der Waals surface area contributed by atoms with Crippen LogP contribution in [0.15, 0.2) is 72.8 Å². The van der Waals surface area contributed by atoms with Crippen LogP contribution in [-0.4, -0.2) is 39.4 Å². The minimum absolute atomic E-state index is 0.247. The molecule has 2 N–H and O–H groups in total. The third-order valence-electron chi connectivity index (χ3n) is 6.00. The summed E-state index contributed by atoms with van der Waals surface area (Å²) in [7, 11) is 2.63. The van der Waals surface area contributed by atoms with Gasteiger partial charge in [-0.2, -0.15) is 0 Å². The maximum atomic E-state index is 12.1. The fraction of sp³-hybridized carbons (Fsp3) is 0.161. The maximum absolute atomic E-state index is 12.1. The number of benzene rings is 4. The molecule has 0 amide bonds. The van der Waals surface area contributed by atoms with Gasteiger partial charge in [0, 0.05) is 17.8 Å². The molecule has 0 unspecified atom stereocenters. The molecule has 0 aliphatic heterocycles. The average molecular weight is 664 g/mol. The molecule has 0 spiro atoms. The number of carbonyl (C=O) groups is 2. The van der Waals surface area contributed by atoms with Crippen molar-refractivity contribution in [3.63, 3.8) is 0 Å². The van der Waals surface area contributed by atoms with E-state index < -0.39 is 11.9 Å². The molecule has 0 saturated heterocycles. The van der Waals surface area contributed by atoms with Gasteiger partial charge >= 0.3 is 11.9 Å². The number of rotatable bonds is 12. The van der Waals surface area contributed by atoms with Gasteiger partial charge in [-0.15, -0.1) is 0 Å².